The number of nitrogens with zero attached hydrogens (tertiary/aromatic N) is 6. The molecule has 2 aromatic rings. The molecule has 0 saturated carbocycles. The predicted molar refractivity (Wildman–Crippen MR) is 42.0 cm³/mol. The summed E-state index contributed by atoms with van der Waals surface area (Å²) in [5, 5.41) is 7.71. The Kier molecular flexibility index (Phi) is 0.950. The summed E-state index contributed by atoms with van der Waals surface area (Å²) in [5.41, 5.74) is 0.0491. The van der Waals surface area contributed by atoms with Crippen molar-refractivity contribution in [3.05, 3.63) is 22.0 Å². The first-order valence-corrected chi connectivity index (χ1v) is 3.51. The Morgan fingerprint density at radius 1 is 1.38 bits per heavy atom. The zero-order valence-electron chi connectivity index (χ0n) is 6.25. The van der Waals surface area contributed by atoms with E-state index in [1.807, 2.05) is 0 Å². The SMILES string of the molecule is O=c1nc2c(c3cnnn13)=NC=N2. The van der Waals surface area contributed by atoms with Crippen LogP contribution < -0.4 is 11.0 Å². The lowest BCUT2D eigenvalue weighted by Gasteiger charge is -1.88. The van der Waals surface area contributed by atoms with E-state index in [0.717, 1.165) is 4.52 Å². The average molecular weight is 174 g/mol. The van der Waals surface area contributed by atoms with Crippen LogP contribution in [0.4, 0.5) is 5.82 Å². The second kappa shape index (κ2) is 1.94. The van der Waals surface area contributed by atoms with Crippen LogP contribution in [0.2, 0.25) is 0 Å². The van der Waals surface area contributed by atoms with Crippen LogP contribution >= 0.6 is 0 Å². The summed E-state index contributed by atoms with van der Waals surface area (Å²) in [4.78, 5) is 22.7. The van der Waals surface area contributed by atoms with Crippen molar-refractivity contribution in [2.24, 2.45) is 9.98 Å². The molecule has 2 aromatic heterocycles. The van der Waals surface area contributed by atoms with Gasteiger partial charge in [-0.25, -0.2) is 14.8 Å². The van der Waals surface area contributed by atoms with Gasteiger partial charge in [-0.3, -0.25) is 0 Å². The van der Waals surface area contributed by atoms with E-state index in [-0.39, 0.29) is 0 Å². The summed E-state index contributed by atoms with van der Waals surface area (Å²) in [6.45, 7) is 0. The summed E-state index contributed by atoms with van der Waals surface area (Å²) < 4.78 is 1.09. The van der Waals surface area contributed by atoms with Crippen LogP contribution in [0, 0.1) is 0 Å². The number of fused-ring (bicyclic) bond motifs is 3. The van der Waals surface area contributed by atoms with Crippen LogP contribution in [0.25, 0.3) is 5.52 Å². The van der Waals surface area contributed by atoms with Crippen LogP contribution in [0.5, 0.6) is 0 Å². The first-order valence-electron chi connectivity index (χ1n) is 3.51. The molecule has 0 amide bonds. The minimum atomic E-state index is -0.486. The molecule has 62 valence electrons. The summed E-state index contributed by atoms with van der Waals surface area (Å²) in [6.07, 6.45) is 2.81. The minimum absolute atomic E-state index is 0.333. The zero-order valence-corrected chi connectivity index (χ0v) is 6.25. The highest BCUT2D eigenvalue weighted by molar-refractivity contribution is 5.68. The number of rotatable bonds is 0. The molecule has 1 aliphatic rings. The van der Waals surface area contributed by atoms with E-state index < -0.39 is 5.69 Å². The molecular weight excluding hydrogens is 172 g/mol. The van der Waals surface area contributed by atoms with Gasteiger partial charge in [0.05, 0.1) is 6.20 Å². The maximum absolute atomic E-state index is 11.2. The Morgan fingerprint density at radius 3 is 3.23 bits per heavy atom. The fourth-order valence-electron chi connectivity index (χ4n) is 1.20. The van der Waals surface area contributed by atoms with Crippen LogP contribution in [-0.2, 0) is 0 Å². The van der Waals surface area contributed by atoms with Gasteiger partial charge in [-0.2, -0.15) is 9.50 Å². The zero-order chi connectivity index (χ0) is 8.84. The number of hydrogen-bond donors (Lipinski definition) is 0. The van der Waals surface area contributed by atoms with E-state index in [1.54, 1.807) is 0 Å². The molecule has 0 aliphatic carbocycles. The maximum atomic E-state index is 11.2. The molecule has 0 fully saturated rings. The standard InChI is InChI=1S/C6H2N6O/c13-6-10-5-4(7-2-8-5)3-1-9-11-12(3)6/h1-2H. The van der Waals surface area contributed by atoms with Gasteiger partial charge >= 0.3 is 5.69 Å². The lowest BCUT2D eigenvalue weighted by Crippen LogP contribution is -2.23. The lowest BCUT2D eigenvalue weighted by molar-refractivity contribution is 0.796. The number of aliphatic imine (C=N–C) groups is 1. The van der Waals surface area contributed by atoms with Crippen molar-refractivity contribution >= 4 is 17.7 Å². The van der Waals surface area contributed by atoms with Crippen LogP contribution in [0.1, 0.15) is 0 Å². The first kappa shape index (κ1) is 6.35. The Balaban J connectivity index is 2.73. The molecule has 0 radical (unpaired) electrons. The molecule has 1 aliphatic heterocycles. The van der Waals surface area contributed by atoms with Crippen molar-refractivity contribution in [2.75, 3.05) is 0 Å². The molecule has 0 bridgehead atoms. The monoisotopic (exact) mass is 174 g/mol. The van der Waals surface area contributed by atoms with Gasteiger partial charge < -0.3 is 0 Å². The van der Waals surface area contributed by atoms with Gasteiger partial charge in [0, 0.05) is 0 Å². The van der Waals surface area contributed by atoms with Crippen LogP contribution in [-0.4, -0.2) is 26.1 Å². The maximum Gasteiger partial charge on any atom is 0.372 e. The molecule has 3 rings (SSSR count). The summed E-state index contributed by atoms with van der Waals surface area (Å²) in [6, 6.07) is 0. The molecule has 0 spiro atoms. The quantitative estimate of drug-likeness (QED) is 0.486. The Bertz CT molecular complexity index is 626. The summed E-state index contributed by atoms with van der Waals surface area (Å²) >= 11 is 0. The third kappa shape index (κ3) is 0.675. The molecule has 13 heavy (non-hydrogen) atoms. The fourth-order valence-corrected chi connectivity index (χ4v) is 1.20. The van der Waals surface area contributed by atoms with Gasteiger partial charge in [-0.05, 0) is 0 Å². The fraction of sp³-hybridized carbons (Fsp3) is 0. The van der Waals surface area contributed by atoms with Crippen molar-refractivity contribution in [1.82, 2.24) is 19.8 Å². The van der Waals surface area contributed by atoms with Crippen molar-refractivity contribution in [2.45, 2.75) is 0 Å². The van der Waals surface area contributed by atoms with Gasteiger partial charge in [0.25, 0.3) is 0 Å². The molecule has 0 N–H and O–H groups in total. The largest absolute Gasteiger partial charge is 0.372 e. The van der Waals surface area contributed by atoms with Crippen molar-refractivity contribution in [3.8, 4) is 0 Å². The van der Waals surface area contributed by atoms with E-state index in [0.29, 0.717) is 16.7 Å². The van der Waals surface area contributed by atoms with Crippen LogP contribution in [0.15, 0.2) is 21.0 Å². The van der Waals surface area contributed by atoms with Gasteiger partial charge in [-0.1, -0.05) is 5.21 Å². The van der Waals surface area contributed by atoms with E-state index in [9.17, 15) is 4.79 Å². The van der Waals surface area contributed by atoms with Gasteiger partial charge in [0.15, 0.2) is 5.82 Å². The van der Waals surface area contributed by atoms with Crippen molar-refractivity contribution in [3.63, 3.8) is 0 Å². The predicted octanol–water partition coefficient (Wildman–Crippen LogP) is -1.50. The third-order valence-electron chi connectivity index (χ3n) is 1.75. The highest BCUT2D eigenvalue weighted by Crippen LogP contribution is 2.02. The Morgan fingerprint density at radius 2 is 2.31 bits per heavy atom. The summed E-state index contributed by atoms with van der Waals surface area (Å²) in [7, 11) is 0. The second-order valence-electron chi connectivity index (χ2n) is 2.47. The normalized spacial score (nSPS) is 13.2. The molecule has 0 saturated heterocycles. The number of hydrogen-bond acceptors (Lipinski definition) is 6. The molecule has 3 heterocycles. The molecule has 0 unspecified atom stereocenters. The van der Waals surface area contributed by atoms with Crippen molar-refractivity contribution in [1.29, 1.82) is 0 Å². The minimum Gasteiger partial charge on any atom is -0.243 e. The van der Waals surface area contributed by atoms with E-state index >= 15 is 0 Å². The number of aromatic nitrogens is 4. The van der Waals surface area contributed by atoms with E-state index in [4.69, 9.17) is 0 Å². The van der Waals surface area contributed by atoms with Gasteiger partial charge in [-0.15, -0.1) is 5.10 Å². The molecule has 0 aromatic carbocycles. The van der Waals surface area contributed by atoms with Crippen molar-refractivity contribution < 1.29 is 0 Å². The summed E-state index contributed by atoms with van der Waals surface area (Å²) in [5.74, 6) is 0.333. The molecule has 0 atom stereocenters. The second-order valence-corrected chi connectivity index (χ2v) is 2.47. The molecule has 7 nitrogen and oxygen atoms in total. The Labute approximate surface area is 70.5 Å². The van der Waals surface area contributed by atoms with Gasteiger partial charge in [0.1, 0.15) is 17.2 Å². The van der Waals surface area contributed by atoms with Crippen LogP contribution in [0.3, 0.4) is 0 Å². The third-order valence-corrected chi connectivity index (χ3v) is 1.75. The molecular formula is C6H2N6O. The van der Waals surface area contributed by atoms with E-state index in [2.05, 4.69) is 25.3 Å². The Hall–Kier alpha value is -2.18. The molecule has 7 heteroatoms. The average Bonchev–Trinajstić information content (AvgIpc) is 2.66. The smallest absolute Gasteiger partial charge is 0.243 e. The van der Waals surface area contributed by atoms with Gasteiger partial charge in [0.2, 0.25) is 0 Å². The highest BCUT2D eigenvalue weighted by atomic mass is 16.1. The topological polar surface area (TPSA) is 84.9 Å². The first-order chi connectivity index (χ1) is 6.36. The lowest BCUT2D eigenvalue weighted by atomic mass is 10.4. The van der Waals surface area contributed by atoms with E-state index in [1.165, 1.54) is 12.5 Å². The highest BCUT2D eigenvalue weighted by Gasteiger charge is 2.10.